The third-order valence-corrected chi connectivity index (χ3v) is 2.85. The molecular weight excluding hydrogens is 180 g/mol. The van der Waals surface area contributed by atoms with E-state index >= 15 is 0 Å². The van der Waals surface area contributed by atoms with Gasteiger partial charge in [-0.3, -0.25) is 9.63 Å². The van der Waals surface area contributed by atoms with Crippen molar-refractivity contribution in [2.24, 2.45) is 11.7 Å². The Labute approximate surface area is 84.3 Å². The highest BCUT2D eigenvalue weighted by atomic mass is 16.7. The zero-order valence-corrected chi connectivity index (χ0v) is 8.61. The van der Waals surface area contributed by atoms with Crippen LogP contribution in [0.4, 0.5) is 0 Å². The first-order valence-corrected chi connectivity index (χ1v) is 5.39. The fourth-order valence-electron chi connectivity index (χ4n) is 1.75. The molecule has 1 aliphatic carbocycles. The Balaban J connectivity index is 1.78. The largest absolute Gasteiger partial charge is 0.328 e. The predicted molar refractivity (Wildman–Crippen MR) is 52.2 cm³/mol. The summed E-state index contributed by atoms with van der Waals surface area (Å²) in [7, 11) is 0. The van der Waals surface area contributed by atoms with Crippen LogP contribution < -0.4 is 5.73 Å². The van der Waals surface area contributed by atoms with Crippen molar-refractivity contribution < 1.29 is 9.63 Å². The number of nitrogens with two attached hydrogens (primary N) is 1. The molecule has 1 aliphatic heterocycles. The normalized spacial score (nSPS) is 29.7. The van der Waals surface area contributed by atoms with Gasteiger partial charge in [-0.25, -0.2) is 5.06 Å². The van der Waals surface area contributed by atoms with Gasteiger partial charge in [-0.05, 0) is 32.1 Å². The van der Waals surface area contributed by atoms with E-state index < -0.39 is 0 Å². The first-order chi connectivity index (χ1) is 6.66. The minimum Gasteiger partial charge on any atom is -0.328 e. The number of hydrogen-bond donors (Lipinski definition) is 1. The van der Waals surface area contributed by atoms with E-state index in [1.807, 2.05) is 6.92 Å². The molecule has 2 unspecified atom stereocenters. The summed E-state index contributed by atoms with van der Waals surface area (Å²) in [6.07, 6.45) is 3.99. The molecule has 1 heterocycles. The summed E-state index contributed by atoms with van der Waals surface area (Å²) in [6, 6.07) is 0.131. The Hall–Kier alpha value is -0.610. The van der Waals surface area contributed by atoms with Crippen LogP contribution in [0.1, 0.15) is 32.6 Å². The van der Waals surface area contributed by atoms with Crippen molar-refractivity contribution in [3.63, 3.8) is 0 Å². The van der Waals surface area contributed by atoms with Gasteiger partial charge >= 0.3 is 0 Å². The van der Waals surface area contributed by atoms with Gasteiger partial charge in [-0.15, -0.1) is 0 Å². The van der Waals surface area contributed by atoms with Gasteiger partial charge in [0.25, 0.3) is 0 Å². The number of carbonyl (C=O) groups excluding carboxylic acids is 1. The minimum atomic E-state index is 0.127. The molecule has 80 valence electrons. The van der Waals surface area contributed by atoms with E-state index in [2.05, 4.69) is 0 Å². The SMILES string of the molecule is CC(N)CCN1OC(C2CC2)CC1=O. The highest BCUT2D eigenvalue weighted by Gasteiger charge is 2.41. The van der Waals surface area contributed by atoms with E-state index in [-0.39, 0.29) is 18.1 Å². The Morgan fingerprint density at radius 2 is 2.36 bits per heavy atom. The zero-order chi connectivity index (χ0) is 10.1. The number of hydroxylamine groups is 2. The van der Waals surface area contributed by atoms with Crippen LogP contribution in [-0.2, 0) is 9.63 Å². The second-order valence-corrected chi connectivity index (χ2v) is 4.45. The molecule has 2 aliphatic rings. The van der Waals surface area contributed by atoms with Gasteiger partial charge in [-0.2, -0.15) is 0 Å². The van der Waals surface area contributed by atoms with Crippen LogP contribution in [0.5, 0.6) is 0 Å². The standard InChI is InChI=1S/C10H18N2O2/c1-7(11)4-5-12-10(13)6-9(14-12)8-2-3-8/h7-9H,2-6,11H2,1H3. The fourth-order valence-corrected chi connectivity index (χ4v) is 1.75. The number of amides is 1. The molecular formula is C10H18N2O2. The fraction of sp³-hybridized carbons (Fsp3) is 0.900. The van der Waals surface area contributed by atoms with Crippen molar-refractivity contribution in [2.75, 3.05) is 6.54 Å². The lowest BCUT2D eigenvalue weighted by Crippen LogP contribution is -2.29. The topological polar surface area (TPSA) is 55.6 Å². The van der Waals surface area contributed by atoms with Gasteiger partial charge in [0.1, 0.15) is 0 Å². The lowest BCUT2D eigenvalue weighted by Gasteiger charge is -2.17. The predicted octanol–water partition coefficient (Wildman–Crippen LogP) is 0.666. The highest BCUT2D eigenvalue weighted by molar-refractivity contribution is 5.77. The summed E-state index contributed by atoms with van der Waals surface area (Å²) in [4.78, 5) is 17.1. The van der Waals surface area contributed by atoms with E-state index in [4.69, 9.17) is 10.6 Å². The summed E-state index contributed by atoms with van der Waals surface area (Å²) < 4.78 is 0. The molecule has 0 aromatic rings. The van der Waals surface area contributed by atoms with Gasteiger partial charge in [0.15, 0.2) is 0 Å². The third kappa shape index (κ3) is 2.25. The molecule has 4 heteroatoms. The molecule has 2 atom stereocenters. The van der Waals surface area contributed by atoms with Crippen molar-refractivity contribution in [2.45, 2.75) is 44.8 Å². The Bertz CT molecular complexity index is 226. The summed E-state index contributed by atoms with van der Waals surface area (Å²) in [6.45, 7) is 2.58. The van der Waals surface area contributed by atoms with E-state index in [0.29, 0.717) is 18.9 Å². The molecule has 1 saturated heterocycles. The average Bonchev–Trinajstić information content (AvgIpc) is 2.88. The summed E-state index contributed by atoms with van der Waals surface area (Å²) in [5, 5.41) is 1.51. The average molecular weight is 198 g/mol. The van der Waals surface area contributed by atoms with Crippen molar-refractivity contribution in [1.29, 1.82) is 0 Å². The Morgan fingerprint density at radius 1 is 1.64 bits per heavy atom. The quantitative estimate of drug-likeness (QED) is 0.722. The minimum absolute atomic E-state index is 0.127. The van der Waals surface area contributed by atoms with Crippen molar-refractivity contribution in [1.82, 2.24) is 5.06 Å². The number of carbonyl (C=O) groups is 1. The van der Waals surface area contributed by atoms with Gasteiger partial charge in [0.2, 0.25) is 5.91 Å². The summed E-state index contributed by atoms with van der Waals surface area (Å²) in [5.74, 6) is 0.766. The van der Waals surface area contributed by atoms with Crippen LogP contribution in [0.15, 0.2) is 0 Å². The van der Waals surface area contributed by atoms with E-state index in [1.165, 1.54) is 17.9 Å². The van der Waals surface area contributed by atoms with E-state index in [9.17, 15) is 4.79 Å². The molecule has 2 N–H and O–H groups in total. The number of rotatable bonds is 4. The van der Waals surface area contributed by atoms with Crippen LogP contribution in [0.3, 0.4) is 0 Å². The highest BCUT2D eigenvalue weighted by Crippen LogP contribution is 2.38. The van der Waals surface area contributed by atoms with Gasteiger partial charge in [-0.1, -0.05) is 0 Å². The molecule has 1 amide bonds. The monoisotopic (exact) mass is 198 g/mol. The number of hydrogen-bond acceptors (Lipinski definition) is 3. The molecule has 0 bridgehead atoms. The second kappa shape index (κ2) is 3.87. The molecule has 14 heavy (non-hydrogen) atoms. The van der Waals surface area contributed by atoms with E-state index in [1.54, 1.807) is 0 Å². The molecule has 0 aromatic carbocycles. The summed E-state index contributed by atoms with van der Waals surface area (Å²) in [5.41, 5.74) is 5.63. The molecule has 0 spiro atoms. The lowest BCUT2D eigenvalue weighted by atomic mass is 10.2. The molecule has 0 aromatic heterocycles. The second-order valence-electron chi connectivity index (χ2n) is 4.45. The summed E-state index contributed by atoms with van der Waals surface area (Å²) >= 11 is 0. The third-order valence-electron chi connectivity index (χ3n) is 2.85. The molecule has 2 rings (SSSR count). The van der Waals surface area contributed by atoms with Crippen molar-refractivity contribution >= 4 is 5.91 Å². The van der Waals surface area contributed by atoms with Crippen LogP contribution in [0, 0.1) is 5.92 Å². The van der Waals surface area contributed by atoms with Crippen LogP contribution in [0.25, 0.3) is 0 Å². The Kier molecular flexibility index (Phi) is 2.74. The molecule has 4 nitrogen and oxygen atoms in total. The molecule has 0 radical (unpaired) electrons. The van der Waals surface area contributed by atoms with E-state index in [0.717, 1.165) is 6.42 Å². The lowest BCUT2D eigenvalue weighted by molar-refractivity contribution is -0.175. The maximum absolute atomic E-state index is 11.5. The number of nitrogens with zero attached hydrogens (tertiary/aromatic N) is 1. The van der Waals surface area contributed by atoms with Crippen LogP contribution in [0.2, 0.25) is 0 Å². The first kappa shape index (κ1) is 9.93. The maximum Gasteiger partial charge on any atom is 0.248 e. The molecule has 1 saturated carbocycles. The van der Waals surface area contributed by atoms with Crippen LogP contribution >= 0.6 is 0 Å². The Morgan fingerprint density at radius 3 is 2.93 bits per heavy atom. The zero-order valence-electron chi connectivity index (χ0n) is 8.61. The van der Waals surface area contributed by atoms with Crippen molar-refractivity contribution in [3.8, 4) is 0 Å². The van der Waals surface area contributed by atoms with Crippen molar-refractivity contribution in [3.05, 3.63) is 0 Å². The molecule has 2 fully saturated rings. The smallest absolute Gasteiger partial charge is 0.248 e. The van der Waals surface area contributed by atoms with Gasteiger partial charge in [0, 0.05) is 6.04 Å². The van der Waals surface area contributed by atoms with Gasteiger partial charge < -0.3 is 5.73 Å². The first-order valence-electron chi connectivity index (χ1n) is 5.39. The van der Waals surface area contributed by atoms with Gasteiger partial charge in [0.05, 0.1) is 19.1 Å². The van der Waals surface area contributed by atoms with Crippen LogP contribution in [-0.4, -0.2) is 29.7 Å². The maximum atomic E-state index is 11.5.